The van der Waals surface area contributed by atoms with E-state index < -0.39 is 0 Å². The van der Waals surface area contributed by atoms with Crippen LogP contribution in [0.5, 0.6) is 0 Å². The van der Waals surface area contributed by atoms with Crippen molar-refractivity contribution in [2.45, 2.75) is 32.7 Å². The van der Waals surface area contributed by atoms with Gasteiger partial charge in [-0.3, -0.25) is 4.98 Å². The zero-order valence-electron chi connectivity index (χ0n) is 12.4. The lowest BCUT2D eigenvalue weighted by Crippen LogP contribution is -2.25. The van der Waals surface area contributed by atoms with Crippen LogP contribution in [0, 0.1) is 12.7 Å². The predicted octanol–water partition coefficient (Wildman–Crippen LogP) is 4.47. The van der Waals surface area contributed by atoms with E-state index in [9.17, 15) is 4.39 Å². The Bertz CT molecular complexity index is 581. The largest absolute Gasteiger partial charge is 0.310 e. The van der Waals surface area contributed by atoms with Crippen molar-refractivity contribution in [1.82, 2.24) is 10.3 Å². The molecule has 0 aliphatic carbocycles. The van der Waals surface area contributed by atoms with Gasteiger partial charge in [-0.1, -0.05) is 30.7 Å². The molecule has 2 aromatic rings. The highest BCUT2D eigenvalue weighted by molar-refractivity contribution is 6.31. The number of nitrogens with zero attached hydrogens (tertiary/aromatic N) is 1. The minimum atomic E-state index is -0.257. The minimum absolute atomic E-state index is 0.00745. The van der Waals surface area contributed by atoms with Crippen LogP contribution in [-0.4, -0.2) is 11.5 Å². The van der Waals surface area contributed by atoms with Gasteiger partial charge < -0.3 is 5.32 Å². The van der Waals surface area contributed by atoms with Gasteiger partial charge in [-0.05, 0) is 50.1 Å². The van der Waals surface area contributed by atoms with Crippen molar-refractivity contribution in [3.63, 3.8) is 0 Å². The number of aryl methyl sites for hydroxylation is 1. The first-order chi connectivity index (χ1) is 10.1. The van der Waals surface area contributed by atoms with Crippen LogP contribution < -0.4 is 5.32 Å². The van der Waals surface area contributed by atoms with Gasteiger partial charge in [-0.15, -0.1) is 0 Å². The van der Waals surface area contributed by atoms with Crippen LogP contribution in [0.15, 0.2) is 36.5 Å². The average Bonchev–Trinajstić information content (AvgIpc) is 2.47. The summed E-state index contributed by atoms with van der Waals surface area (Å²) < 4.78 is 14.0. The summed E-state index contributed by atoms with van der Waals surface area (Å²) >= 11 is 6.15. The fraction of sp³-hybridized carbons (Fsp3) is 0.353. The van der Waals surface area contributed by atoms with E-state index in [-0.39, 0.29) is 11.9 Å². The van der Waals surface area contributed by atoms with Crippen LogP contribution in [-0.2, 0) is 6.42 Å². The fourth-order valence-electron chi connectivity index (χ4n) is 2.41. The Morgan fingerprint density at radius 3 is 2.76 bits per heavy atom. The number of rotatable bonds is 6. The zero-order valence-corrected chi connectivity index (χ0v) is 13.1. The van der Waals surface area contributed by atoms with E-state index >= 15 is 0 Å². The van der Waals surface area contributed by atoms with Crippen molar-refractivity contribution in [2.24, 2.45) is 0 Å². The van der Waals surface area contributed by atoms with E-state index in [1.807, 2.05) is 19.1 Å². The summed E-state index contributed by atoms with van der Waals surface area (Å²) in [5.74, 6) is -0.257. The molecule has 112 valence electrons. The molecule has 0 saturated carbocycles. The Morgan fingerprint density at radius 2 is 2.10 bits per heavy atom. The third-order valence-electron chi connectivity index (χ3n) is 3.53. The number of nitrogens with one attached hydrogen (secondary N) is 1. The lowest BCUT2D eigenvalue weighted by atomic mass is 9.97. The SMILES string of the molecule is CCCNC(Cc1c(F)cccc1Cl)c1cccnc1C. The Morgan fingerprint density at radius 1 is 1.29 bits per heavy atom. The molecule has 1 N–H and O–H groups in total. The van der Waals surface area contributed by atoms with Crippen LogP contribution >= 0.6 is 11.6 Å². The average molecular weight is 307 g/mol. The van der Waals surface area contributed by atoms with E-state index in [1.165, 1.54) is 6.07 Å². The Hall–Kier alpha value is -1.45. The first-order valence-electron chi connectivity index (χ1n) is 7.21. The monoisotopic (exact) mass is 306 g/mol. The van der Waals surface area contributed by atoms with Gasteiger partial charge in [-0.25, -0.2) is 4.39 Å². The Kier molecular flexibility index (Phi) is 5.71. The van der Waals surface area contributed by atoms with E-state index in [1.54, 1.807) is 18.3 Å². The second-order valence-electron chi connectivity index (χ2n) is 5.09. The lowest BCUT2D eigenvalue weighted by molar-refractivity contribution is 0.510. The topological polar surface area (TPSA) is 24.9 Å². The molecule has 1 aromatic carbocycles. The molecule has 1 heterocycles. The van der Waals surface area contributed by atoms with Crippen LogP contribution in [0.3, 0.4) is 0 Å². The summed E-state index contributed by atoms with van der Waals surface area (Å²) in [5.41, 5.74) is 2.60. The maximum atomic E-state index is 14.0. The second-order valence-corrected chi connectivity index (χ2v) is 5.50. The van der Waals surface area contributed by atoms with Crippen LogP contribution in [0.1, 0.15) is 36.2 Å². The molecule has 0 radical (unpaired) electrons. The van der Waals surface area contributed by atoms with Gasteiger partial charge >= 0.3 is 0 Å². The molecule has 0 aliphatic rings. The molecule has 1 unspecified atom stereocenters. The highest BCUT2D eigenvalue weighted by atomic mass is 35.5. The zero-order chi connectivity index (χ0) is 15.2. The first kappa shape index (κ1) is 15.9. The maximum absolute atomic E-state index is 14.0. The van der Waals surface area contributed by atoms with Crippen molar-refractivity contribution < 1.29 is 4.39 Å². The number of hydrogen-bond donors (Lipinski definition) is 1. The van der Waals surface area contributed by atoms with Crippen LogP contribution in [0.4, 0.5) is 4.39 Å². The van der Waals surface area contributed by atoms with Crippen molar-refractivity contribution in [3.8, 4) is 0 Å². The standard InChI is InChI=1S/C17H20ClFN2/c1-3-9-21-17(13-6-5-10-20-12(13)2)11-14-15(18)7-4-8-16(14)19/h4-8,10,17,21H,3,9,11H2,1-2H3. The summed E-state index contributed by atoms with van der Waals surface area (Å²) in [6.07, 6.45) is 3.30. The lowest BCUT2D eigenvalue weighted by Gasteiger charge is -2.21. The van der Waals surface area contributed by atoms with Gasteiger partial charge in [-0.2, -0.15) is 0 Å². The summed E-state index contributed by atoms with van der Waals surface area (Å²) in [6.45, 7) is 4.94. The summed E-state index contributed by atoms with van der Waals surface area (Å²) in [5, 5.41) is 3.94. The number of pyridine rings is 1. The predicted molar refractivity (Wildman–Crippen MR) is 85.1 cm³/mol. The molecule has 1 atom stereocenters. The van der Waals surface area contributed by atoms with Gasteiger partial charge in [0.25, 0.3) is 0 Å². The Balaban J connectivity index is 2.31. The molecular formula is C17H20ClFN2. The molecule has 1 aromatic heterocycles. The number of benzene rings is 1. The first-order valence-corrected chi connectivity index (χ1v) is 7.59. The van der Waals surface area contributed by atoms with E-state index in [0.717, 1.165) is 24.2 Å². The molecule has 0 aliphatic heterocycles. The molecule has 2 rings (SSSR count). The number of aromatic nitrogens is 1. The van der Waals surface area contributed by atoms with Gasteiger partial charge in [0.1, 0.15) is 5.82 Å². The van der Waals surface area contributed by atoms with E-state index in [0.29, 0.717) is 17.0 Å². The maximum Gasteiger partial charge on any atom is 0.127 e. The molecule has 0 fully saturated rings. The number of hydrogen-bond acceptors (Lipinski definition) is 2. The van der Waals surface area contributed by atoms with Crippen LogP contribution in [0.25, 0.3) is 0 Å². The molecule has 2 nitrogen and oxygen atoms in total. The third-order valence-corrected chi connectivity index (χ3v) is 3.89. The smallest absolute Gasteiger partial charge is 0.127 e. The normalized spacial score (nSPS) is 12.4. The minimum Gasteiger partial charge on any atom is -0.310 e. The van der Waals surface area contributed by atoms with Gasteiger partial charge in [0, 0.05) is 28.5 Å². The summed E-state index contributed by atoms with van der Waals surface area (Å²) in [7, 11) is 0. The molecule has 21 heavy (non-hydrogen) atoms. The van der Waals surface area contributed by atoms with Crippen molar-refractivity contribution in [3.05, 3.63) is 64.2 Å². The quantitative estimate of drug-likeness (QED) is 0.852. The fourth-order valence-corrected chi connectivity index (χ4v) is 2.65. The molecule has 0 saturated heterocycles. The second kappa shape index (κ2) is 7.53. The molecular weight excluding hydrogens is 287 g/mol. The van der Waals surface area contributed by atoms with Crippen molar-refractivity contribution in [1.29, 1.82) is 0 Å². The molecule has 0 amide bonds. The molecule has 0 spiro atoms. The Labute approximate surface area is 130 Å². The highest BCUT2D eigenvalue weighted by Crippen LogP contribution is 2.26. The summed E-state index contributed by atoms with van der Waals surface area (Å²) in [6, 6.07) is 8.76. The van der Waals surface area contributed by atoms with E-state index in [2.05, 4.69) is 17.2 Å². The molecule has 0 bridgehead atoms. The van der Waals surface area contributed by atoms with Gasteiger partial charge in [0.15, 0.2) is 0 Å². The van der Waals surface area contributed by atoms with Crippen molar-refractivity contribution in [2.75, 3.05) is 6.54 Å². The van der Waals surface area contributed by atoms with E-state index in [4.69, 9.17) is 11.6 Å². The van der Waals surface area contributed by atoms with Crippen molar-refractivity contribution >= 4 is 11.6 Å². The third kappa shape index (κ3) is 4.02. The van der Waals surface area contributed by atoms with Gasteiger partial charge in [0.2, 0.25) is 0 Å². The summed E-state index contributed by atoms with van der Waals surface area (Å²) in [4.78, 5) is 4.33. The number of halogens is 2. The highest BCUT2D eigenvalue weighted by Gasteiger charge is 2.18. The molecule has 4 heteroatoms. The van der Waals surface area contributed by atoms with Gasteiger partial charge in [0.05, 0.1) is 0 Å². The van der Waals surface area contributed by atoms with Crippen LogP contribution in [0.2, 0.25) is 5.02 Å².